The molecule has 0 saturated heterocycles. The lowest BCUT2D eigenvalue weighted by atomic mass is 10.1. The van der Waals surface area contributed by atoms with Crippen molar-refractivity contribution < 1.29 is 0 Å². The molecule has 1 aromatic carbocycles. The van der Waals surface area contributed by atoms with Gasteiger partial charge in [0.1, 0.15) is 4.99 Å². The summed E-state index contributed by atoms with van der Waals surface area (Å²) in [5.41, 5.74) is 7.85. The lowest BCUT2D eigenvalue weighted by molar-refractivity contribution is 0.261. The molecule has 0 saturated carbocycles. The molecule has 0 aromatic heterocycles. The second-order valence-corrected chi connectivity index (χ2v) is 6.20. The maximum absolute atomic E-state index is 5.86. The van der Waals surface area contributed by atoms with Crippen molar-refractivity contribution in [1.29, 1.82) is 0 Å². The van der Waals surface area contributed by atoms with Crippen LogP contribution in [0.15, 0.2) is 23.1 Å². The Morgan fingerprint density at radius 2 is 2.20 bits per heavy atom. The number of anilines is 1. The Hall–Kier alpha value is -0.780. The SMILES string of the molecule is CCC(C)N(C)CCNc1cccc(SC)c1C(N)=S. The highest BCUT2D eigenvalue weighted by Crippen LogP contribution is 2.26. The van der Waals surface area contributed by atoms with Crippen molar-refractivity contribution in [2.24, 2.45) is 5.73 Å². The fourth-order valence-corrected chi connectivity index (χ4v) is 2.92. The van der Waals surface area contributed by atoms with E-state index in [0.717, 1.165) is 35.7 Å². The zero-order valence-corrected chi connectivity index (χ0v) is 14.4. The first-order valence-electron chi connectivity index (χ1n) is 6.92. The van der Waals surface area contributed by atoms with Gasteiger partial charge in [-0.25, -0.2) is 0 Å². The number of hydrogen-bond acceptors (Lipinski definition) is 4. The van der Waals surface area contributed by atoms with Crippen molar-refractivity contribution in [2.45, 2.75) is 31.2 Å². The molecule has 3 N–H and O–H groups in total. The highest BCUT2D eigenvalue weighted by atomic mass is 32.2. The molecular formula is C15H25N3S2. The Balaban J connectivity index is 2.71. The van der Waals surface area contributed by atoms with Crippen LogP contribution in [0.25, 0.3) is 0 Å². The van der Waals surface area contributed by atoms with Crippen LogP contribution in [-0.2, 0) is 0 Å². The lowest BCUT2D eigenvalue weighted by Crippen LogP contribution is -2.33. The van der Waals surface area contributed by atoms with Crippen molar-refractivity contribution in [3.8, 4) is 0 Å². The first-order valence-corrected chi connectivity index (χ1v) is 8.55. The molecule has 1 rings (SSSR count). The molecule has 5 heteroatoms. The van der Waals surface area contributed by atoms with Gasteiger partial charge in [-0.15, -0.1) is 11.8 Å². The zero-order chi connectivity index (χ0) is 15.1. The fourth-order valence-electron chi connectivity index (χ4n) is 2.00. The van der Waals surface area contributed by atoms with E-state index in [4.69, 9.17) is 18.0 Å². The van der Waals surface area contributed by atoms with Crippen LogP contribution in [0.4, 0.5) is 5.69 Å². The fraction of sp³-hybridized carbons (Fsp3) is 0.533. The van der Waals surface area contributed by atoms with Gasteiger partial charge in [-0.3, -0.25) is 0 Å². The third-order valence-electron chi connectivity index (χ3n) is 3.62. The van der Waals surface area contributed by atoms with E-state index in [0.29, 0.717) is 11.0 Å². The van der Waals surface area contributed by atoms with Gasteiger partial charge in [-0.1, -0.05) is 25.2 Å². The third kappa shape index (κ3) is 4.65. The third-order valence-corrected chi connectivity index (χ3v) is 4.60. The average molecular weight is 312 g/mol. The van der Waals surface area contributed by atoms with Crippen molar-refractivity contribution in [1.82, 2.24) is 4.90 Å². The predicted octanol–water partition coefficient (Wildman–Crippen LogP) is 3.18. The van der Waals surface area contributed by atoms with Crippen molar-refractivity contribution >= 4 is 34.7 Å². The lowest BCUT2D eigenvalue weighted by Gasteiger charge is -2.24. The van der Waals surface area contributed by atoms with Crippen LogP contribution in [-0.4, -0.2) is 42.3 Å². The summed E-state index contributed by atoms with van der Waals surface area (Å²) in [7, 11) is 2.16. The molecule has 0 amide bonds. The van der Waals surface area contributed by atoms with Gasteiger partial charge in [0.15, 0.2) is 0 Å². The van der Waals surface area contributed by atoms with Gasteiger partial charge in [-0.05, 0) is 38.8 Å². The Morgan fingerprint density at radius 1 is 1.50 bits per heavy atom. The highest BCUT2D eigenvalue weighted by molar-refractivity contribution is 7.98. The molecule has 112 valence electrons. The Morgan fingerprint density at radius 3 is 2.75 bits per heavy atom. The quantitative estimate of drug-likeness (QED) is 0.570. The van der Waals surface area contributed by atoms with Gasteiger partial charge >= 0.3 is 0 Å². The largest absolute Gasteiger partial charge is 0.389 e. The van der Waals surface area contributed by atoms with Crippen LogP contribution in [0.3, 0.4) is 0 Å². The van der Waals surface area contributed by atoms with Gasteiger partial charge < -0.3 is 16.0 Å². The second-order valence-electron chi connectivity index (χ2n) is 4.91. The monoisotopic (exact) mass is 311 g/mol. The number of likely N-dealkylation sites (N-methyl/N-ethyl adjacent to an activating group) is 1. The maximum atomic E-state index is 5.86. The van der Waals surface area contributed by atoms with E-state index >= 15 is 0 Å². The molecule has 0 fully saturated rings. The molecule has 20 heavy (non-hydrogen) atoms. The summed E-state index contributed by atoms with van der Waals surface area (Å²) in [6.07, 6.45) is 3.20. The standard InChI is InChI=1S/C15H25N3S2/c1-5-11(2)18(3)10-9-17-12-7-6-8-13(20-4)14(12)15(16)19/h6-8,11,17H,5,9-10H2,1-4H3,(H2,16,19). The Bertz CT molecular complexity index is 449. The van der Waals surface area contributed by atoms with E-state index in [1.807, 2.05) is 18.4 Å². The molecule has 0 heterocycles. The van der Waals surface area contributed by atoms with Crippen LogP contribution in [0.2, 0.25) is 0 Å². The van der Waals surface area contributed by atoms with Crippen LogP contribution in [0.1, 0.15) is 25.8 Å². The zero-order valence-electron chi connectivity index (χ0n) is 12.8. The van der Waals surface area contributed by atoms with E-state index in [-0.39, 0.29) is 0 Å². The van der Waals surface area contributed by atoms with E-state index in [2.05, 4.69) is 37.2 Å². The van der Waals surface area contributed by atoms with E-state index in [9.17, 15) is 0 Å². The predicted molar refractivity (Wildman–Crippen MR) is 95.0 cm³/mol. The minimum Gasteiger partial charge on any atom is -0.389 e. The minimum absolute atomic E-state index is 0.452. The molecule has 0 radical (unpaired) electrons. The molecular weight excluding hydrogens is 286 g/mol. The molecule has 3 nitrogen and oxygen atoms in total. The second kappa shape index (κ2) is 8.49. The smallest absolute Gasteiger partial charge is 0.107 e. The van der Waals surface area contributed by atoms with Gasteiger partial charge in [0.05, 0.1) is 0 Å². The molecule has 1 unspecified atom stereocenters. The minimum atomic E-state index is 0.452. The van der Waals surface area contributed by atoms with E-state index in [1.54, 1.807) is 11.8 Å². The van der Waals surface area contributed by atoms with Crippen molar-refractivity contribution in [3.63, 3.8) is 0 Å². The van der Waals surface area contributed by atoms with Gasteiger partial charge in [0.2, 0.25) is 0 Å². The number of nitrogens with zero attached hydrogens (tertiary/aromatic N) is 1. The normalized spacial score (nSPS) is 12.4. The first kappa shape index (κ1) is 17.3. The molecule has 0 bridgehead atoms. The summed E-state index contributed by atoms with van der Waals surface area (Å²) in [5, 5.41) is 3.46. The summed E-state index contributed by atoms with van der Waals surface area (Å²) in [4.78, 5) is 3.93. The summed E-state index contributed by atoms with van der Waals surface area (Å²) >= 11 is 6.85. The topological polar surface area (TPSA) is 41.3 Å². The Labute approximate surface area is 132 Å². The molecule has 1 aromatic rings. The molecule has 0 spiro atoms. The first-order chi connectivity index (χ1) is 9.51. The summed E-state index contributed by atoms with van der Waals surface area (Å²) < 4.78 is 0. The number of rotatable bonds is 8. The average Bonchev–Trinajstić information content (AvgIpc) is 2.45. The summed E-state index contributed by atoms with van der Waals surface area (Å²) in [6.45, 7) is 6.33. The number of benzene rings is 1. The maximum Gasteiger partial charge on any atom is 0.107 e. The van der Waals surface area contributed by atoms with Crippen LogP contribution in [0, 0.1) is 0 Å². The molecule has 0 aliphatic carbocycles. The molecule has 0 aliphatic heterocycles. The van der Waals surface area contributed by atoms with Crippen molar-refractivity contribution in [2.75, 3.05) is 31.7 Å². The number of thiocarbonyl (C=S) groups is 1. The van der Waals surface area contributed by atoms with Crippen LogP contribution >= 0.6 is 24.0 Å². The van der Waals surface area contributed by atoms with E-state index < -0.39 is 0 Å². The van der Waals surface area contributed by atoms with Crippen LogP contribution in [0.5, 0.6) is 0 Å². The van der Waals surface area contributed by atoms with Gasteiger partial charge in [0.25, 0.3) is 0 Å². The number of nitrogens with one attached hydrogen (secondary N) is 1. The summed E-state index contributed by atoms with van der Waals surface area (Å²) in [5.74, 6) is 0. The summed E-state index contributed by atoms with van der Waals surface area (Å²) in [6, 6.07) is 6.73. The van der Waals surface area contributed by atoms with Gasteiger partial charge in [-0.2, -0.15) is 0 Å². The van der Waals surface area contributed by atoms with Crippen molar-refractivity contribution in [3.05, 3.63) is 23.8 Å². The van der Waals surface area contributed by atoms with Gasteiger partial charge in [0, 0.05) is 35.3 Å². The number of thioether (sulfide) groups is 1. The van der Waals surface area contributed by atoms with E-state index in [1.165, 1.54) is 0 Å². The Kier molecular flexibility index (Phi) is 7.34. The number of nitrogens with two attached hydrogens (primary N) is 1. The molecule has 1 atom stereocenters. The number of hydrogen-bond donors (Lipinski definition) is 2. The highest BCUT2D eigenvalue weighted by Gasteiger charge is 2.11. The van der Waals surface area contributed by atoms with Crippen LogP contribution < -0.4 is 11.1 Å². The molecule has 0 aliphatic rings.